The summed E-state index contributed by atoms with van der Waals surface area (Å²) in [6.07, 6.45) is 10.1. The molecule has 2 N–H and O–H groups in total. The predicted octanol–water partition coefficient (Wildman–Crippen LogP) is 5.70. The molecule has 5 rings (SSSR count). The first-order chi connectivity index (χ1) is 18.8. The van der Waals surface area contributed by atoms with E-state index in [1.807, 2.05) is 24.0 Å². The monoisotopic (exact) mass is 553 g/mol. The molecule has 1 aliphatic carbocycles. The molecule has 7 nitrogen and oxygen atoms in total. The predicted molar refractivity (Wildman–Crippen MR) is 155 cm³/mol. The minimum absolute atomic E-state index is 0.00358. The van der Waals surface area contributed by atoms with E-state index in [1.54, 1.807) is 0 Å². The molecule has 3 aliphatic rings. The number of hydrogen-bond donors (Lipinski definition) is 2. The first-order valence-electron chi connectivity index (χ1n) is 15.0. The quantitative estimate of drug-likeness (QED) is 0.439. The molecule has 1 saturated carbocycles. The topological polar surface area (TPSA) is 81.3 Å². The van der Waals surface area contributed by atoms with Crippen molar-refractivity contribution in [1.29, 1.82) is 0 Å². The number of unbranched alkanes of at least 4 members (excludes halogenated alkanes) is 1. The second-order valence-electron chi connectivity index (χ2n) is 12.0. The van der Waals surface area contributed by atoms with E-state index in [9.17, 15) is 9.59 Å². The molecule has 39 heavy (non-hydrogen) atoms. The van der Waals surface area contributed by atoms with Crippen molar-refractivity contribution in [2.45, 2.75) is 103 Å². The summed E-state index contributed by atoms with van der Waals surface area (Å²) in [7, 11) is 0. The standard InChI is InChI=1S/C31H44ClN5O2/c1-4-5-17-37-29(38)26(20-23-9-7-6-8-10-23)33-30(39)31(37)15-18-36(19-16-31)28(24-11-13-25(32)14-12-24)27-21(2)34-35-22(27)3/h11-14,23,26,28H,4-10,15-20H2,1-3H3,(H,33,39)(H,34,35). The molecule has 2 aromatic rings. The van der Waals surface area contributed by atoms with Gasteiger partial charge in [-0.2, -0.15) is 5.10 Å². The molecule has 1 spiro atoms. The molecule has 8 heteroatoms. The van der Waals surface area contributed by atoms with Crippen molar-refractivity contribution in [3.8, 4) is 0 Å². The van der Waals surface area contributed by atoms with Crippen LogP contribution in [0.4, 0.5) is 0 Å². The van der Waals surface area contributed by atoms with Crippen LogP contribution in [0.3, 0.4) is 0 Å². The van der Waals surface area contributed by atoms with Gasteiger partial charge in [0.25, 0.3) is 0 Å². The number of piperazine rings is 1. The molecule has 3 heterocycles. The lowest BCUT2D eigenvalue weighted by molar-refractivity contribution is -0.162. The van der Waals surface area contributed by atoms with Crippen molar-refractivity contribution in [2.75, 3.05) is 19.6 Å². The highest BCUT2D eigenvalue weighted by Crippen LogP contribution is 2.40. The van der Waals surface area contributed by atoms with Crippen LogP contribution >= 0.6 is 11.6 Å². The maximum atomic E-state index is 13.9. The Balaban J connectivity index is 1.39. The minimum Gasteiger partial charge on any atom is -0.342 e. The van der Waals surface area contributed by atoms with E-state index >= 15 is 0 Å². The summed E-state index contributed by atoms with van der Waals surface area (Å²) in [4.78, 5) is 32.3. The van der Waals surface area contributed by atoms with Gasteiger partial charge in [-0.15, -0.1) is 0 Å². The molecule has 0 bridgehead atoms. The lowest BCUT2D eigenvalue weighted by Gasteiger charge is -2.53. The maximum Gasteiger partial charge on any atom is 0.246 e. The molecule has 2 saturated heterocycles. The van der Waals surface area contributed by atoms with Gasteiger partial charge < -0.3 is 10.2 Å². The fourth-order valence-corrected chi connectivity index (χ4v) is 7.37. The third-order valence-electron chi connectivity index (χ3n) is 9.47. The van der Waals surface area contributed by atoms with Gasteiger partial charge in [0, 0.05) is 35.9 Å². The molecule has 212 valence electrons. The minimum atomic E-state index is -0.767. The first-order valence-corrected chi connectivity index (χ1v) is 15.3. The summed E-state index contributed by atoms with van der Waals surface area (Å²) < 4.78 is 0. The number of benzene rings is 1. The number of nitrogens with zero attached hydrogens (tertiary/aromatic N) is 3. The van der Waals surface area contributed by atoms with Gasteiger partial charge >= 0.3 is 0 Å². The van der Waals surface area contributed by atoms with Gasteiger partial charge in [0.2, 0.25) is 11.8 Å². The van der Waals surface area contributed by atoms with Crippen molar-refractivity contribution < 1.29 is 9.59 Å². The number of aromatic nitrogens is 2. The number of carbonyl (C=O) groups excluding carboxylic acids is 2. The molecule has 2 unspecified atom stereocenters. The molecule has 0 radical (unpaired) electrons. The Morgan fingerprint density at radius 1 is 1.08 bits per heavy atom. The summed E-state index contributed by atoms with van der Waals surface area (Å²) >= 11 is 6.23. The van der Waals surface area contributed by atoms with Crippen molar-refractivity contribution in [1.82, 2.24) is 25.3 Å². The van der Waals surface area contributed by atoms with E-state index in [-0.39, 0.29) is 23.9 Å². The third-order valence-corrected chi connectivity index (χ3v) is 9.72. The largest absolute Gasteiger partial charge is 0.342 e. The van der Waals surface area contributed by atoms with Crippen molar-refractivity contribution >= 4 is 23.4 Å². The number of piperidine rings is 1. The summed E-state index contributed by atoms with van der Waals surface area (Å²) in [5.41, 5.74) is 3.59. The van der Waals surface area contributed by atoms with Crippen molar-refractivity contribution in [2.24, 2.45) is 5.92 Å². The fraction of sp³-hybridized carbons (Fsp3) is 0.645. The summed E-state index contributed by atoms with van der Waals surface area (Å²) in [6, 6.07) is 7.67. The second-order valence-corrected chi connectivity index (χ2v) is 12.4. The molecule has 3 fully saturated rings. The van der Waals surface area contributed by atoms with Crippen LogP contribution in [0.15, 0.2) is 24.3 Å². The van der Waals surface area contributed by atoms with E-state index < -0.39 is 5.54 Å². The van der Waals surface area contributed by atoms with Gasteiger partial charge in [0.15, 0.2) is 0 Å². The Morgan fingerprint density at radius 2 is 1.77 bits per heavy atom. The highest BCUT2D eigenvalue weighted by molar-refractivity contribution is 6.30. The lowest BCUT2D eigenvalue weighted by Crippen LogP contribution is -2.73. The van der Waals surface area contributed by atoms with Crippen LogP contribution in [-0.2, 0) is 9.59 Å². The Kier molecular flexibility index (Phi) is 8.67. The molecular weight excluding hydrogens is 510 g/mol. The number of likely N-dealkylation sites (tertiary alicyclic amines) is 1. The highest BCUT2D eigenvalue weighted by Gasteiger charge is 2.54. The average molecular weight is 554 g/mol. The normalized spacial score (nSPS) is 23.3. The van der Waals surface area contributed by atoms with E-state index in [1.165, 1.54) is 37.7 Å². The van der Waals surface area contributed by atoms with E-state index in [0.29, 0.717) is 43.4 Å². The number of aryl methyl sites for hydroxylation is 2. The third kappa shape index (κ3) is 5.62. The molecule has 2 atom stereocenters. The number of rotatable bonds is 8. The summed E-state index contributed by atoms with van der Waals surface area (Å²) in [5.74, 6) is 0.730. The number of hydrogen-bond acceptors (Lipinski definition) is 4. The van der Waals surface area contributed by atoms with Gasteiger partial charge in [0.05, 0.1) is 11.7 Å². The van der Waals surface area contributed by atoms with Crippen molar-refractivity contribution in [3.05, 3.63) is 51.8 Å². The molecule has 1 aromatic carbocycles. The number of H-pyrrole nitrogens is 1. The van der Waals surface area contributed by atoms with E-state index in [4.69, 9.17) is 11.6 Å². The smallest absolute Gasteiger partial charge is 0.246 e. The van der Waals surface area contributed by atoms with Gasteiger partial charge in [0.1, 0.15) is 11.6 Å². The second kappa shape index (κ2) is 12.0. The van der Waals surface area contributed by atoms with Crippen LogP contribution in [0, 0.1) is 19.8 Å². The average Bonchev–Trinajstić information content (AvgIpc) is 3.27. The summed E-state index contributed by atoms with van der Waals surface area (Å²) in [5, 5.41) is 11.6. The number of aromatic amines is 1. The molecule has 1 aromatic heterocycles. The Labute approximate surface area is 238 Å². The SMILES string of the molecule is CCCCN1C(=O)C(CC2CCCCC2)NC(=O)C12CCN(C(c1ccc(Cl)cc1)c1c(C)n[nH]c1C)CC2. The highest BCUT2D eigenvalue weighted by atomic mass is 35.5. The van der Waals surface area contributed by atoms with Crippen LogP contribution in [-0.4, -0.2) is 63.0 Å². The zero-order valence-electron chi connectivity index (χ0n) is 23.8. The van der Waals surface area contributed by atoms with Gasteiger partial charge in [-0.3, -0.25) is 19.6 Å². The van der Waals surface area contributed by atoms with Gasteiger partial charge in [-0.1, -0.05) is 69.2 Å². The van der Waals surface area contributed by atoms with Crippen molar-refractivity contribution in [3.63, 3.8) is 0 Å². The molecule has 2 aliphatic heterocycles. The lowest BCUT2D eigenvalue weighted by atomic mass is 9.78. The van der Waals surface area contributed by atoms with Crippen LogP contribution in [0.25, 0.3) is 0 Å². The first kappa shape index (κ1) is 28.2. The van der Waals surface area contributed by atoms with Crippen LogP contribution < -0.4 is 5.32 Å². The van der Waals surface area contributed by atoms with E-state index in [2.05, 4.69) is 46.4 Å². The Morgan fingerprint density at radius 3 is 2.38 bits per heavy atom. The Hall–Kier alpha value is -2.38. The molecule has 2 amide bonds. The number of halogens is 1. The fourth-order valence-electron chi connectivity index (χ4n) is 7.25. The molecular formula is C31H44ClN5O2. The Bertz CT molecular complexity index is 1130. The van der Waals surface area contributed by atoms with Gasteiger partial charge in [-0.25, -0.2) is 0 Å². The number of amides is 2. The van der Waals surface area contributed by atoms with Crippen LogP contribution in [0.5, 0.6) is 0 Å². The zero-order valence-corrected chi connectivity index (χ0v) is 24.5. The number of nitrogens with one attached hydrogen (secondary N) is 2. The van der Waals surface area contributed by atoms with Crippen LogP contribution in [0.1, 0.15) is 99.7 Å². The van der Waals surface area contributed by atoms with E-state index in [0.717, 1.165) is 36.2 Å². The summed E-state index contributed by atoms with van der Waals surface area (Å²) in [6.45, 7) is 8.34. The number of carbonyl (C=O) groups is 2. The van der Waals surface area contributed by atoms with Crippen LogP contribution in [0.2, 0.25) is 5.02 Å². The van der Waals surface area contributed by atoms with Gasteiger partial charge in [-0.05, 0) is 63.1 Å². The maximum absolute atomic E-state index is 13.9. The zero-order chi connectivity index (χ0) is 27.6.